The van der Waals surface area contributed by atoms with Crippen molar-refractivity contribution in [3.63, 3.8) is 0 Å². The molecule has 0 unspecified atom stereocenters. The molecule has 98 valence electrons. The first-order valence-corrected chi connectivity index (χ1v) is 7.75. The minimum absolute atomic E-state index is 1.17. The van der Waals surface area contributed by atoms with Crippen LogP contribution in [0, 0.1) is 0 Å². The molecule has 0 aromatic heterocycles. The molecular weight excluding hydrogens is 240 g/mol. The van der Waals surface area contributed by atoms with E-state index in [4.69, 9.17) is 0 Å². The van der Waals surface area contributed by atoms with Crippen molar-refractivity contribution in [2.24, 2.45) is 0 Å². The molecule has 0 amide bonds. The first-order valence-electron chi connectivity index (χ1n) is 7.75. The highest BCUT2D eigenvalue weighted by molar-refractivity contribution is 5.55. The van der Waals surface area contributed by atoms with Crippen molar-refractivity contribution in [1.82, 2.24) is 0 Å². The topological polar surface area (TPSA) is 0 Å². The first-order chi connectivity index (χ1) is 9.87. The molecule has 0 nitrogen and oxygen atoms in total. The van der Waals surface area contributed by atoms with E-state index in [-0.39, 0.29) is 0 Å². The van der Waals surface area contributed by atoms with E-state index in [1.807, 2.05) is 0 Å². The summed E-state index contributed by atoms with van der Waals surface area (Å²) < 4.78 is 0. The summed E-state index contributed by atoms with van der Waals surface area (Å²) in [6.07, 6.45) is 16.4. The first kappa shape index (κ1) is 10.9. The van der Waals surface area contributed by atoms with Gasteiger partial charge in [0.15, 0.2) is 0 Å². The van der Waals surface area contributed by atoms with Crippen molar-refractivity contribution in [2.75, 3.05) is 0 Å². The molecule has 0 atom stereocenters. The molecule has 0 N–H and O–H groups in total. The molecule has 0 heteroatoms. The molecular formula is C20H18. The van der Waals surface area contributed by atoms with E-state index in [9.17, 15) is 0 Å². The number of benzene rings is 1. The maximum atomic E-state index is 2.52. The van der Waals surface area contributed by atoms with Gasteiger partial charge in [-0.1, -0.05) is 47.6 Å². The molecule has 0 radical (unpaired) electrons. The van der Waals surface area contributed by atoms with E-state index in [1.165, 1.54) is 38.5 Å². The van der Waals surface area contributed by atoms with Crippen molar-refractivity contribution in [2.45, 2.75) is 38.5 Å². The van der Waals surface area contributed by atoms with Crippen LogP contribution in [-0.4, -0.2) is 0 Å². The molecule has 0 saturated carbocycles. The van der Waals surface area contributed by atoms with Gasteiger partial charge in [-0.05, 0) is 71.9 Å². The molecule has 4 aliphatic carbocycles. The smallest absolute Gasteiger partial charge is 0.00231 e. The summed E-state index contributed by atoms with van der Waals surface area (Å²) in [5, 5.41) is 0. The Morgan fingerprint density at radius 2 is 1.00 bits per heavy atom. The molecule has 1 aromatic carbocycles. The van der Waals surface area contributed by atoms with Gasteiger partial charge in [0, 0.05) is 0 Å². The Hall–Kier alpha value is -1.82. The minimum atomic E-state index is 1.17. The number of allylic oxidation sites excluding steroid dienone is 8. The van der Waals surface area contributed by atoms with Crippen molar-refractivity contribution in [3.05, 3.63) is 81.0 Å². The summed E-state index contributed by atoms with van der Waals surface area (Å²) in [6, 6.07) is 5.03. The summed E-state index contributed by atoms with van der Waals surface area (Å²) in [5.74, 6) is 0. The van der Waals surface area contributed by atoms with Crippen molar-refractivity contribution >= 4 is 0 Å². The molecule has 0 bridgehead atoms. The van der Waals surface area contributed by atoms with Crippen LogP contribution in [0.1, 0.15) is 35.1 Å². The average Bonchev–Trinajstić information content (AvgIpc) is 3.07. The van der Waals surface area contributed by atoms with Gasteiger partial charge < -0.3 is 0 Å². The molecule has 0 heterocycles. The predicted octanol–water partition coefficient (Wildman–Crippen LogP) is 4.40. The fraction of sp³-hybridized carbons (Fsp3) is 0.300. The van der Waals surface area contributed by atoms with Crippen LogP contribution < -0.4 is 0 Å². The second kappa shape index (κ2) is 3.85. The second-order valence-corrected chi connectivity index (χ2v) is 6.57. The highest BCUT2D eigenvalue weighted by Gasteiger charge is 2.24. The summed E-state index contributed by atoms with van der Waals surface area (Å²) >= 11 is 0. The van der Waals surface area contributed by atoms with E-state index in [1.54, 1.807) is 44.5 Å². The average molecular weight is 258 g/mol. The highest BCUT2D eigenvalue weighted by Crippen LogP contribution is 2.38. The molecule has 0 saturated heterocycles. The summed E-state index contributed by atoms with van der Waals surface area (Å²) in [4.78, 5) is 0. The van der Waals surface area contributed by atoms with Crippen molar-refractivity contribution < 1.29 is 0 Å². The molecule has 0 fully saturated rings. The van der Waals surface area contributed by atoms with Gasteiger partial charge in [-0.3, -0.25) is 0 Å². The van der Waals surface area contributed by atoms with E-state index in [0.29, 0.717) is 0 Å². The molecule has 5 rings (SSSR count). The van der Waals surface area contributed by atoms with Crippen LogP contribution in [0.5, 0.6) is 0 Å². The van der Waals surface area contributed by atoms with Crippen LogP contribution in [0.4, 0.5) is 0 Å². The van der Waals surface area contributed by atoms with E-state index in [2.05, 4.69) is 36.4 Å². The number of fused-ring (bicyclic) bond motifs is 2. The lowest BCUT2D eigenvalue weighted by molar-refractivity contribution is 0.918. The SMILES string of the molecule is C1=CC2=C(C1)Cc1cc3c(cc1C2)CC1=C(C=CC1)C3. The van der Waals surface area contributed by atoms with Gasteiger partial charge in [-0.15, -0.1) is 0 Å². The van der Waals surface area contributed by atoms with Crippen LogP contribution in [0.25, 0.3) is 0 Å². The van der Waals surface area contributed by atoms with Crippen LogP contribution in [-0.2, 0) is 25.7 Å². The maximum Gasteiger partial charge on any atom is -0.00231 e. The van der Waals surface area contributed by atoms with E-state index < -0.39 is 0 Å². The number of hydrogen-bond donors (Lipinski definition) is 0. The third-order valence-corrected chi connectivity index (χ3v) is 5.37. The van der Waals surface area contributed by atoms with Gasteiger partial charge in [0.2, 0.25) is 0 Å². The molecule has 4 aliphatic rings. The van der Waals surface area contributed by atoms with Crippen LogP contribution in [0.2, 0.25) is 0 Å². The van der Waals surface area contributed by atoms with Crippen LogP contribution >= 0.6 is 0 Å². The largest absolute Gasteiger partial charge is 0.0802 e. The maximum absolute atomic E-state index is 2.52. The standard InChI is InChI=1S/C20H18/c1-3-13-7-17-11-19-9-15-5-2-6-16(15)10-20(19)12-18(17)8-14(13)4-1/h1-3,6,11-12H,4-5,7-10H2. The number of rotatable bonds is 0. The normalized spacial score (nSPS) is 22.0. The Morgan fingerprint density at radius 3 is 1.50 bits per heavy atom. The van der Waals surface area contributed by atoms with Gasteiger partial charge in [0.05, 0.1) is 0 Å². The zero-order valence-corrected chi connectivity index (χ0v) is 11.7. The van der Waals surface area contributed by atoms with Gasteiger partial charge in [-0.2, -0.15) is 0 Å². The van der Waals surface area contributed by atoms with Gasteiger partial charge in [-0.25, -0.2) is 0 Å². The summed E-state index contributed by atoms with van der Waals surface area (Å²) in [6.45, 7) is 0. The van der Waals surface area contributed by atoms with Gasteiger partial charge in [0.1, 0.15) is 0 Å². The van der Waals surface area contributed by atoms with Crippen molar-refractivity contribution in [1.29, 1.82) is 0 Å². The number of hydrogen-bond acceptors (Lipinski definition) is 0. The molecule has 1 aromatic rings. The third kappa shape index (κ3) is 1.48. The molecule has 20 heavy (non-hydrogen) atoms. The lowest BCUT2D eigenvalue weighted by atomic mass is 9.80. The van der Waals surface area contributed by atoms with Gasteiger partial charge >= 0.3 is 0 Å². The Bertz CT molecular complexity index is 685. The Kier molecular flexibility index (Phi) is 2.10. The lowest BCUT2D eigenvalue weighted by Gasteiger charge is -2.25. The summed E-state index contributed by atoms with van der Waals surface area (Å²) in [7, 11) is 0. The van der Waals surface area contributed by atoms with E-state index in [0.717, 1.165) is 0 Å². The fourth-order valence-electron chi connectivity index (χ4n) is 4.24. The van der Waals surface area contributed by atoms with E-state index >= 15 is 0 Å². The lowest BCUT2D eigenvalue weighted by Crippen LogP contribution is -2.12. The zero-order valence-electron chi connectivity index (χ0n) is 11.7. The van der Waals surface area contributed by atoms with Crippen LogP contribution in [0.15, 0.2) is 58.7 Å². The predicted molar refractivity (Wildman–Crippen MR) is 82.8 cm³/mol. The fourth-order valence-corrected chi connectivity index (χ4v) is 4.24. The minimum Gasteiger partial charge on any atom is -0.0802 e. The zero-order chi connectivity index (χ0) is 13.1. The monoisotopic (exact) mass is 258 g/mol. The van der Waals surface area contributed by atoms with Crippen LogP contribution in [0.3, 0.4) is 0 Å². The molecule has 0 spiro atoms. The highest BCUT2D eigenvalue weighted by atomic mass is 14.3. The van der Waals surface area contributed by atoms with Crippen molar-refractivity contribution in [3.8, 4) is 0 Å². The van der Waals surface area contributed by atoms with Gasteiger partial charge in [0.25, 0.3) is 0 Å². The Balaban J connectivity index is 1.57. The third-order valence-electron chi connectivity index (χ3n) is 5.37. The second-order valence-electron chi connectivity index (χ2n) is 6.57. The Morgan fingerprint density at radius 1 is 0.550 bits per heavy atom. The quantitative estimate of drug-likeness (QED) is 0.647. The Labute approximate surface area is 120 Å². The summed E-state index contributed by atoms with van der Waals surface area (Å²) in [5.41, 5.74) is 12.9. The molecule has 0 aliphatic heterocycles.